The second kappa shape index (κ2) is 5.84. The molecule has 1 aromatic carbocycles. The van der Waals surface area contributed by atoms with Crippen LogP contribution in [0, 0.1) is 0 Å². The Hall–Kier alpha value is -0.880. The Morgan fingerprint density at radius 3 is 2.50 bits per heavy atom. The fourth-order valence-corrected chi connectivity index (χ4v) is 2.62. The van der Waals surface area contributed by atoms with Crippen LogP contribution in [0.15, 0.2) is 29.2 Å². The Morgan fingerprint density at radius 1 is 1.17 bits per heavy atom. The molecule has 2 rings (SSSR count). The fraction of sp³-hybridized carbons (Fsp3) is 0.500. The third-order valence-electron chi connectivity index (χ3n) is 2.81. The van der Waals surface area contributed by atoms with E-state index in [2.05, 4.69) is 10.6 Å². The molecule has 0 aliphatic carbocycles. The van der Waals surface area contributed by atoms with Gasteiger partial charge < -0.3 is 10.6 Å². The van der Waals surface area contributed by atoms with Crippen LogP contribution in [0.5, 0.6) is 0 Å². The summed E-state index contributed by atoms with van der Waals surface area (Å²) in [6.45, 7) is 1.82. The second-order valence-electron chi connectivity index (χ2n) is 4.21. The van der Waals surface area contributed by atoms with Gasteiger partial charge in [0.05, 0.1) is 0 Å². The lowest BCUT2D eigenvalue weighted by molar-refractivity contribution is -0.0327. The van der Waals surface area contributed by atoms with Gasteiger partial charge in [-0.3, -0.25) is 0 Å². The van der Waals surface area contributed by atoms with E-state index in [1.54, 1.807) is 18.2 Å². The van der Waals surface area contributed by atoms with Gasteiger partial charge in [-0.05, 0) is 49.8 Å². The van der Waals surface area contributed by atoms with E-state index in [0.29, 0.717) is 5.69 Å². The number of para-hydroxylation sites is 1. The molecule has 0 atom stereocenters. The number of piperidine rings is 1. The molecule has 0 saturated carbocycles. The van der Waals surface area contributed by atoms with E-state index in [0.717, 1.165) is 25.9 Å². The van der Waals surface area contributed by atoms with Crippen molar-refractivity contribution < 1.29 is 13.2 Å². The Bertz CT molecular complexity index is 389. The number of hydrogen-bond acceptors (Lipinski definition) is 3. The Morgan fingerprint density at radius 2 is 1.83 bits per heavy atom. The number of anilines is 1. The summed E-state index contributed by atoms with van der Waals surface area (Å²) in [5.74, 6) is 0. The highest BCUT2D eigenvalue weighted by molar-refractivity contribution is 8.00. The lowest BCUT2D eigenvalue weighted by Crippen LogP contribution is -2.35. The number of hydrogen-bond donors (Lipinski definition) is 2. The Balaban J connectivity index is 2.06. The van der Waals surface area contributed by atoms with Crippen LogP contribution in [-0.4, -0.2) is 24.6 Å². The third kappa shape index (κ3) is 4.10. The minimum atomic E-state index is -4.24. The molecule has 18 heavy (non-hydrogen) atoms. The number of thioether (sulfide) groups is 1. The third-order valence-corrected chi connectivity index (χ3v) is 3.62. The van der Waals surface area contributed by atoms with E-state index in [-0.39, 0.29) is 22.7 Å². The number of benzene rings is 1. The van der Waals surface area contributed by atoms with E-state index in [4.69, 9.17) is 0 Å². The molecule has 1 aliphatic rings. The first kappa shape index (κ1) is 13.5. The molecule has 100 valence electrons. The minimum Gasteiger partial charge on any atom is -0.381 e. The van der Waals surface area contributed by atoms with Crippen molar-refractivity contribution in [3.05, 3.63) is 24.3 Å². The van der Waals surface area contributed by atoms with E-state index >= 15 is 0 Å². The van der Waals surface area contributed by atoms with Crippen LogP contribution in [0.1, 0.15) is 12.8 Å². The molecule has 6 heteroatoms. The second-order valence-corrected chi connectivity index (χ2v) is 5.32. The van der Waals surface area contributed by atoms with Gasteiger partial charge in [0.1, 0.15) is 0 Å². The van der Waals surface area contributed by atoms with Gasteiger partial charge in [-0.15, -0.1) is 0 Å². The van der Waals surface area contributed by atoms with Crippen LogP contribution in [0.3, 0.4) is 0 Å². The summed E-state index contributed by atoms with van der Waals surface area (Å²) in [4.78, 5) is 0.239. The van der Waals surface area contributed by atoms with Gasteiger partial charge in [-0.25, -0.2) is 0 Å². The van der Waals surface area contributed by atoms with Gasteiger partial charge in [0.25, 0.3) is 0 Å². The number of halogens is 3. The topological polar surface area (TPSA) is 24.1 Å². The van der Waals surface area contributed by atoms with Crippen LogP contribution in [-0.2, 0) is 0 Å². The molecule has 1 saturated heterocycles. The molecule has 0 amide bonds. The first-order chi connectivity index (χ1) is 8.54. The zero-order chi connectivity index (χ0) is 13.0. The summed E-state index contributed by atoms with van der Waals surface area (Å²) < 4.78 is 37.3. The summed E-state index contributed by atoms with van der Waals surface area (Å²) in [5, 5.41) is 6.44. The van der Waals surface area contributed by atoms with Crippen molar-refractivity contribution in [3.8, 4) is 0 Å². The first-order valence-corrected chi connectivity index (χ1v) is 6.68. The van der Waals surface area contributed by atoms with E-state index < -0.39 is 5.51 Å². The maximum Gasteiger partial charge on any atom is 0.446 e. The van der Waals surface area contributed by atoms with Crippen LogP contribution in [0.25, 0.3) is 0 Å². The van der Waals surface area contributed by atoms with Gasteiger partial charge >= 0.3 is 5.51 Å². The zero-order valence-electron chi connectivity index (χ0n) is 9.76. The predicted octanol–water partition coefficient (Wildman–Crippen LogP) is 3.46. The lowest BCUT2D eigenvalue weighted by Gasteiger charge is -2.25. The van der Waals surface area contributed by atoms with Crippen molar-refractivity contribution in [1.82, 2.24) is 5.32 Å². The molecule has 0 bridgehead atoms. The quantitative estimate of drug-likeness (QED) is 0.827. The van der Waals surface area contributed by atoms with Crippen LogP contribution < -0.4 is 10.6 Å². The van der Waals surface area contributed by atoms with Crippen molar-refractivity contribution in [2.75, 3.05) is 18.4 Å². The standard InChI is InChI=1S/C12H15F3N2S/c13-12(14,15)18-11-4-2-1-3-10(11)17-9-5-7-16-8-6-9/h1-4,9,16-17H,5-8H2. The molecular formula is C12H15F3N2S. The number of nitrogens with one attached hydrogen (secondary N) is 2. The summed E-state index contributed by atoms with van der Waals surface area (Å²) in [6, 6.07) is 6.84. The number of alkyl halides is 3. The zero-order valence-corrected chi connectivity index (χ0v) is 10.6. The molecule has 1 aliphatic heterocycles. The predicted molar refractivity (Wildman–Crippen MR) is 67.9 cm³/mol. The van der Waals surface area contributed by atoms with Gasteiger partial charge in [0, 0.05) is 16.6 Å². The maximum absolute atomic E-state index is 12.4. The lowest BCUT2D eigenvalue weighted by atomic mass is 10.1. The molecule has 0 spiro atoms. The molecule has 2 N–H and O–H groups in total. The highest BCUT2D eigenvalue weighted by Crippen LogP contribution is 2.40. The van der Waals surface area contributed by atoms with Crippen molar-refractivity contribution in [1.29, 1.82) is 0 Å². The van der Waals surface area contributed by atoms with Gasteiger partial charge in [0.2, 0.25) is 0 Å². The van der Waals surface area contributed by atoms with E-state index in [1.807, 2.05) is 0 Å². The molecule has 0 unspecified atom stereocenters. The molecule has 2 nitrogen and oxygen atoms in total. The normalized spacial score (nSPS) is 17.7. The largest absolute Gasteiger partial charge is 0.446 e. The van der Waals surface area contributed by atoms with Crippen LogP contribution >= 0.6 is 11.8 Å². The molecule has 1 fully saturated rings. The van der Waals surface area contributed by atoms with Crippen molar-refractivity contribution in [2.24, 2.45) is 0 Å². The number of rotatable bonds is 3. The smallest absolute Gasteiger partial charge is 0.381 e. The Kier molecular flexibility index (Phi) is 4.40. The van der Waals surface area contributed by atoms with Crippen LogP contribution in [0.4, 0.5) is 18.9 Å². The molecule has 0 aromatic heterocycles. The maximum atomic E-state index is 12.4. The molecule has 1 aromatic rings. The van der Waals surface area contributed by atoms with Crippen molar-refractivity contribution in [2.45, 2.75) is 29.3 Å². The van der Waals surface area contributed by atoms with Gasteiger partial charge in [-0.1, -0.05) is 12.1 Å². The highest BCUT2D eigenvalue weighted by Gasteiger charge is 2.30. The summed E-state index contributed by atoms with van der Waals surface area (Å²) in [6.07, 6.45) is 1.87. The average molecular weight is 276 g/mol. The average Bonchev–Trinajstić information content (AvgIpc) is 2.31. The minimum absolute atomic E-state index is 0.0622. The first-order valence-electron chi connectivity index (χ1n) is 5.86. The van der Waals surface area contributed by atoms with E-state index in [9.17, 15) is 13.2 Å². The Labute approximate surface area is 108 Å². The van der Waals surface area contributed by atoms with Gasteiger partial charge in [0.15, 0.2) is 0 Å². The molecule has 1 heterocycles. The molecule has 0 radical (unpaired) electrons. The summed E-state index contributed by atoms with van der Waals surface area (Å²) >= 11 is -0.0622. The summed E-state index contributed by atoms with van der Waals surface area (Å²) in [5.41, 5.74) is -3.67. The van der Waals surface area contributed by atoms with Crippen LogP contribution in [0.2, 0.25) is 0 Å². The molecular weight excluding hydrogens is 261 g/mol. The highest BCUT2D eigenvalue weighted by atomic mass is 32.2. The van der Waals surface area contributed by atoms with Crippen molar-refractivity contribution in [3.63, 3.8) is 0 Å². The SMILES string of the molecule is FC(F)(F)Sc1ccccc1NC1CCNCC1. The summed E-state index contributed by atoms with van der Waals surface area (Å²) in [7, 11) is 0. The monoisotopic (exact) mass is 276 g/mol. The van der Waals surface area contributed by atoms with Gasteiger partial charge in [-0.2, -0.15) is 13.2 Å². The fourth-order valence-electron chi connectivity index (χ4n) is 1.99. The van der Waals surface area contributed by atoms with Crippen molar-refractivity contribution >= 4 is 17.4 Å². The van der Waals surface area contributed by atoms with E-state index in [1.165, 1.54) is 6.07 Å².